The van der Waals surface area contributed by atoms with Crippen LogP contribution in [-0.4, -0.2) is 34.4 Å². The van der Waals surface area contributed by atoms with Crippen LogP contribution in [0.2, 0.25) is 0 Å². The van der Waals surface area contributed by atoms with Gasteiger partial charge in [-0.1, -0.05) is 19.9 Å². The summed E-state index contributed by atoms with van der Waals surface area (Å²) in [7, 11) is 0. The summed E-state index contributed by atoms with van der Waals surface area (Å²) in [6, 6.07) is 4.48. The Bertz CT molecular complexity index is 505. The van der Waals surface area contributed by atoms with Crippen LogP contribution < -0.4 is 10.9 Å². The SMILES string of the molecule is CC(C)C1CC(C(=O)N2CCCC[C@@H]2c2cccnc2)NN1. The van der Waals surface area contributed by atoms with Crippen molar-refractivity contribution in [2.75, 3.05) is 6.54 Å². The number of aromatic nitrogens is 1. The normalized spacial score (nSPS) is 29.0. The summed E-state index contributed by atoms with van der Waals surface area (Å²) < 4.78 is 0. The van der Waals surface area contributed by atoms with Crippen LogP contribution in [0.4, 0.5) is 0 Å². The topological polar surface area (TPSA) is 57.3 Å². The molecule has 5 heteroatoms. The van der Waals surface area contributed by atoms with E-state index in [2.05, 4.69) is 40.6 Å². The molecule has 120 valence electrons. The highest BCUT2D eigenvalue weighted by Crippen LogP contribution is 2.31. The highest BCUT2D eigenvalue weighted by molar-refractivity contribution is 5.82. The summed E-state index contributed by atoms with van der Waals surface area (Å²) in [6.45, 7) is 5.22. The standard InChI is InChI=1S/C17H26N4O/c1-12(2)14-10-15(20-19-14)17(22)21-9-4-3-7-16(21)13-6-5-8-18-11-13/h5-6,8,11-12,14-16,19-20H,3-4,7,9-10H2,1-2H3/t14?,15?,16-/m1/s1. The van der Waals surface area contributed by atoms with Gasteiger partial charge in [0.25, 0.3) is 0 Å². The molecular formula is C17H26N4O. The average Bonchev–Trinajstić information content (AvgIpc) is 3.05. The summed E-state index contributed by atoms with van der Waals surface area (Å²) >= 11 is 0. The van der Waals surface area contributed by atoms with Gasteiger partial charge in [0, 0.05) is 25.0 Å². The molecule has 2 aliphatic rings. The van der Waals surface area contributed by atoms with E-state index in [1.807, 2.05) is 12.3 Å². The zero-order chi connectivity index (χ0) is 15.5. The maximum Gasteiger partial charge on any atom is 0.241 e. The van der Waals surface area contributed by atoms with Gasteiger partial charge in [0.05, 0.1) is 6.04 Å². The summed E-state index contributed by atoms with van der Waals surface area (Å²) in [5.74, 6) is 0.755. The number of carbonyl (C=O) groups excluding carboxylic acids is 1. The van der Waals surface area contributed by atoms with Gasteiger partial charge in [-0.25, -0.2) is 5.43 Å². The number of nitrogens with zero attached hydrogens (tertiary/aromatic N) is 2. The van der Waals surface area contributed by atoms with Gasteiger partial charge in [-0.2, -0.15) is 0 Å². The molecule has 0 aliphatic carbocycles. The largest absolute Gasteiger partial charge is 0.334 e. The molecular weight excluding hydrogens is 276 g/mol. The van der Waals surface area contributed by atoms with Gasteiger partial charge in [-0.3, -0.25) is 15.2 Å². The molecule has 1 aromatic rings. The lowest BCUT2D eigenvalue weighted by Crippen LogP contribution is -2.48. The number of hydrazine groups is 1. The molecule has 0 saturated carbocycles. The van der Waals surface area contributed by atoms with E-state index in [0.29, 0.717) is 12.0 Å². The Morgan fingerprint density at radius 2 is 2.23 bits per heavy atom. The predicted molar refractivity (Wildman–Crippen MR) is 85.8 cm³/mol. The Hall–Kier alpha value is -1.46. The minimum atomic E-state index is -0.107. The van der Waals surface area contributed by atoms with E-state index < -0.39 is 0 Å². The zero-order valence-corrected chi connectivity index (χ0v) is 13.5. The molecule has 5 nitrogen and oxygen atoms in total. The molecule has 3 heterocycles. The van der Waals surface area contributed by atoms with Crippen molar-refractivity contribution in [3.05, 3.63) is 30.1 Å². The van der Waals surface area contributed by atoms with Gasteiger partial charge in [0.15, 0.2) is 0 Å². The summed E-state index contributed by atoms with van der Waals surface area (Å²) in [5, 5.41) is 0. The zero-order valence-electron chi connectivity index (χ0n) is 13.5. The molecule has 0 bridgehead atoms. The molecule has 2 saturated heterocycles. The quantitative estimate of drug-likeness (QED) is 0.897. The van der Waals surface area contributed by atoms with Gasteiger partial charge in [0.1, 0.15) is 6.04 Å². The third-order valence-electron chi connectivity index (χ3n) is 4.89. The Kier molecular flexibility index (Phi) is 4.74. The lowest BCUT2D eigenvalue weighted by Gasteiger charge is -2.37. The average molecular weight is 302 g/mol. The highest BCUT2D eigenvalue weighted by atomic mass is 16.2. The van der Waals surface area contributed by atoms with Crippen LogP contribution in [0, 0.1) is 5.92 Å². The summed E-state index contributed by atoms with van der Waals surface area (Å²) in [6.07, 6.45) is 7.85. The first-order valence-electron chi connectivity index (χ1n) is 8.38. The molecule has 2 unspecified atom stereocenters. The Balaban J connectivity index is 1.72. The molecule has 3 atom stereocenters. The molecule has 2 aliphatic heterocycles. The molecule has 1 amide bonds. The van der Waals surface area contributed by atoms with Crippen molar-refractivity contribution in [2.24, 2.45) is 5.92 Å². The van der Waals surface area contributed by atoms with E-state index in [1.165, 1.54) is 6.42 Å². The maximum absolute atomic E-state index is 13.0. The van der Waals surface area contributed by atoms with Crippen LogP contribution in [0.3, 0.4) is 0 Å². The van der Waals surface area contributed by atoms with Crippen LogP contribution in [0.25, 0.3) is 0 Å². The molecule has 22 heavy (non-hydrogen) atoms. The first-order chi connectivity index (χ1) is 10.7. The number of rotatable bonds is 3. The predicted octanol–water partition coefficient (Wildman–Crippen LogP) is 2.03. The van der Waals surface area contributed by atoms with E-state index in [0.717, 1.165) is 31.4 Å². The molecule has 1 aromatic heterocycles. The fourth-order valence-corrected chi connectivity index (χ4v) is 3.50. The van der Waals surface area contributed by atoms with Crippen LogP contribution in [0.5, 0.6) is 0 Å². The van der Waals surface area contributed by atoms with E-state index in [-0.39, 0.29) is 18.0 Å². The van der Waals surface area contributed by atoms with Gasteiger partial charge >= 0.3 is 0 Å². The summed E-state index contributed by atoms with van der Waals surface area (Å²) in [4.78, 5) is 19.2. The van der Waals surface area contributed by atoms with Crippen LogP contribution >= 0.6 is 0 Å². The van der Waals surface area contributed by atoms with Gasteiger partial charge in [-0.15, -0.1) is 0 Å². The monoisotopic (exact) mass is 302 g/mol. The van der Waals surface area contributed by atoms with E-state index >= 15 is 0 Å². The smallest absolute Gasteiger partial charge is 0.241 e. The summed E-state index contributed by atoms with van der Waals surface area (Å²) in [5.41, 5.74) is 7.63. The van der Waals surface area contributed by atoms with E-state index in [4.69, 9.17) is 0 Å². The van der Waals surface area contributed by atoms with Crippen molar-refractivity contribution in [2.45, 2.75) is 57.7 Å². The first kappa shape index (κ1) is 15.4. The van der Waals surface area contributed by atoms with Crippen LogP contribution in [0.15, 0.2) is 24.5 Å². The Labute approximate surface area is 132 Å². The lowest BCUT2D eigenvalue weighted by atomic mass is 9.94. The molecule has 2 fully saturated rings. The third kappa shape index (κ3) is 3.15. The Morgan fingerprint density at radius 3 is 2.91 bits per heavy atom. The van der Waals surface area contributed by atoms with E-state index in [9.17, 15) is 4.79 Å². The minimum absolute atomic E-state index is 0.107. The number of nitrogens with one attached hydrogen (secondary N) is 2. The maximum atomic E-state index is 13.0. The number of likely N-dealkylation sites (tertiary alicyclic amines) is 1. The van der Waals surface area contributed by atoms with Crippen LogP contribution in [-0.2, 0) is 4.79 Å². The number of pyridine rings is 1. The van der Waals surface area contributed by atoms with Gasteiger partial charge in [0.2, 0.25) is 5.91 Å². The first-order valence-corrected chi connectivity index (χ1v) is 8.38. The third-order valence-corrected chi connectivity index (χ3v) is 4.89. The Morgan fingerprint density at radius 1 is 1.36 bits per heavy atom. The van der Waals surface area contributed by atoms with Crippen molar-refractivity contribution in [1.29, 1.82) is 0 Å². The minimum Gasteiger partial charge on any atom is -0.334 e. The molecule has 0 radical (unpaired) electrons. The highest BCUT2D eigenvalue weighted by Gasteiger charge is 2.37. The number of piperidine rings is 1. The number of carbonyl (C=O) groups is 1. The lowest BCUT2D eigenvalue weighted by molar-refractivity contribution is -0.137. The fourth-order valence-electron chi connectivity index (χ4n) is 3.50. The number of hydrogen-bond donors (Lipinski definition) is 2. The van der Waals surface area contributed by atoms with E-state index in [1.54, 1.807) is 6.20 Å². The fraction of sp³-hybridized carbons (Fsp3) is 0.647. The van der Waals surface area contributed by atoms with Crippen molar-refractivity contribution >= 4 is 5.91 Å². The number of amides is 1. The second-order valence-electron chi connectivity index (χ2n) is 6.76. The number of hydrogen-bond acceptors (Lipinski definition) is 4. The second kappa shape index (κ2) is 6.75. The van der Waals surface area contributed by atoms with Crippen molar-refractivity contribution < 1.29 is 4.79 Å². The van der Waals surface area contributed by atoms with Gasteiger partial charge in [-0.05, 0) is 43.2 Å². The molecule has 3 rings (SSSR count). The van der Waals surface area contributed by atoms with Crippen molar-refractivity contribution in [3.8, 4) is 0 Å². The van der Waals surface area contributed by atoms with Gasteiger partial charge < -0.3 is 4.90 Å². The van der Waals surface area contributed by atoms with Crippen molar-refractivity contribution in [1.82, 2.24) is 20.7 Å². The molecule has 0 spiro atoms. The van der Waals surface area contributed by atoms with Crippen LogP contribution in [0.1, 0.15) is 51.1 Å². The molecule has 0 aromatic carbocycles. The van der Waals surface area contributed by atoms with Crippen molar-refractivity contribution in [3.63, 3.8) is 0 Å². The second-order valence-corrected chi connectivity index (χ2v) is 6.76. The molecule has 2 N–H and O–H groups in total.